The Balaban J connectivity index is 1.40. The van der Waals surface area contributed by atoms with Gasteiger partial charge in [0.1, 0.15) is 23.9 Å². The molecule has 4 nitrogen and oxygen atoms in total. The summed E-state index contributed by atoms with van der Waals surface area (Å²) in [6.07, 6.45) is 2.63. The molecule has 2 heterocycles. The van der Waals surface area contributed by atoms with E-state index in [1.165, 1.54) is 42.6 Å². The van der Waals surface area contributed by atoms with Gasteiger partial charge in [-0.1, -0.05) is 42.5 Å². The van der Waals surface area contributed by atoms with E-state index in [1.54, 1.807) is 7.11 Å². The fourth-order valence-electron chi connectivity index (χ4n) is 4.99. The van der Waals surface area contributed by atoms with Crippen molar-refractivity contribution in [1.82, 2.24) is 4.90 Å². The molecule has 1 saturated heterocycles. The van der Waals surface area contributed by atoms with Gasteiger partial charge < -0.3 is 14.2 Å². The normalized spacial score (nSPS) is 20.4. The van der Waals surface area contributed by atoms with E-state index in [-0.39, 0.29) is 11.8 Å². The van der Waals surface area contributed by atoms with E-state index in [9.17, 15) is 0 Å². The number of ether oxygens (including phenoxy) is 3. The van der Waals surface area contributed by atoms with Gasteiger partial charge in [0.25, 0.3) is 0 Å². The maximum atomic E-state index is 6.18. The molecule has 0 aromatic heterocycles. The molecule has 3 aromatic carbocycles. The molecule has 32 heavy (non-hydrogen) atoms. The van der Waals surface area contributed by atoms with Crippen LogP contribution in [0.3, 0.4) is 0 Å². The maximum Gasteiger partial charge on any atom is 0.123 e. The lowest BCUT2D eigenvalue weighted by Gasteiger charge is -2.34. The van der Waals surface area contributed by atoms with Crippen LogP contribution in [-0.4, -0.2) is 44.9 Å². The lowest BCUT2D eigenvalue weighted by atomic mass is 9.76. The number of nitrogens with zero attached hydrogens (tertiary/aromatic N) is 1. The second-order valence-corrected chi connectivity index (χ2v) is 8.68. The number of benzene rings is 3. The molecule has 0 aliphatic carbocycles. The number of likely N-dealkylation sites (tertiary alicyclic amines) is 1. The van der Waals surface area contributed by atoms with E-state index in [0.717, 1.165) is 30.4 Å². The average Bonchev–Trinajstić information content (AvgIpc) is 3.37. The van der Waals surface area contributed by atoms with Gasteiger partial charge in [-0.15, -0.1) is 0 Å². The molecular weight excluding hydrogens is 398 g/mol. The zero-order chi connectivity index (χ0) is 21.8. The Labute approximate surface area is 190 Å². The second kappa shape index (κ2) is 9.66. The van der Waals surface area contributed by atoms with Crippen LogP contribution >= 0.6 is 0 Å². The fraction of sp³-hybridized carbons (Fsp3) is 0.357. The molecule has 0 bridgehead atoms. The van der Waals surface area contributed by atoms with Crippen LogP contribution in [0.1, 0.15) is 41.4 Å². The highest BCUT2D eigenvalue weighted by molar-refractivity contribution is 5.51. The highest BCUT2D eigenvalue weighted by Gasteiger charge is 2.33. The van der Waals surface area contributed by atoms with Gasteiger partial charge in [-0.3, -0.25) is 4.90 Å². The number of rotatable bonds is 7. The maximum absolute atomic E-state index is 6.18. The SMILES string of the molecule is COc1ccc2c(c1)C(c1ccc(OCCN3CCCC3)cc1)C(c1ccccc1)CO2. The smallest absolute Gasteiger partial charge is 0.123 e. The standard InChI is InChI=1S/C28H31NO3/c1-30-24-13-14-27-25(19-24)28(26(20-32-27)21-7-3-2-4-8-21)22-9-11-23(12-10-22)31-18-17-29-15-5-6-16-29/h2-4,7-14,19,26,28H,5-6,15-18,20H2,1H3. The Morgan fingerprint density at radius 2 is 1.62 bits per heavy atom. The molecule has 0 N–H and O–H groups in total. The van der Waals surface area contributed by atoms with Crippen molar-refractivity contribution in [2.45, 2.75) is 24.7 Å². The highest BCUT2D eigenvalue weighted by Crippen LogP contribution is 2.47. The Morgan fingerprint density at radius 3 is 2.38 bits per heavy atom. The minimum absolute atomic E-state index is 0.190. The molecule has 166 valence electrons. The Bertz CT molecular complexity index is 1010. The highest BCUT2D eigenvalue weighted by atomic mass is 16.5. The molecule has 5 rings (SSSR count). The molecule has 3 aromatic rings. The molecule has 0 saturated carbocycles. The third kappa shape index (κ3) is 4.46. The summed E-state index contributed by atoms with van der Waals surface area (Å²) in [4.78, 5) is 2.48. The predicted octanol–water partition coefficient (Wildman–Crippen LogP) is 5.48. The van der Waals surface area contributed by atoms with Crippen molar-refractivity contribution in [3.05, 3.63) is 89.5 Å². The first kappa shape index (κ1) is 20.9. The lowest BCUT2D eigenvalue weighted by Crippen LogP contribution is -2.25. The molecule has 0 spiro atoms. The Hall–Kier alpha value is -2.98. The number of hydrogen-bond donors (Lipinski definition) is 0. The van der Waals surface area contributed by atoms with Crippen LogP contribution in [0, 0.1) is 0 Å². The third-order valence-corrected chi connectivity index (χ3v) is 6.71. The molecule has 0 amide bonds. The van der Waals surface area contributed by atoms with Crippen molar-refractivity contribution in [3.8, 4) is 17.2 Å². The number of hydrogen-bond acceptors (Lipinski definition) is 4. The minimum Gasteiger partial charge on any atom is -0.497 e. The van der Waals surface area contributed by atoms with Gasteiger partial charge in [-0.25, -0.2) is 0 Å². The van der Waals surface area contributed by atoms with E-state index in [1.807, 2.05) is 12.1 Å². The van der Waals surface area contributed by atoms with Crippen molar-refractivity contribution in [1.29, 1.82) is 0 Å². The lowest BCUT2D eigenvalue weighted by molar-refractivity contribution is 0.237. The molecule has 2 aliphatic rings. The topological polar surface area (TPSA) is 30.9 Å². The first-order valence-corrected chi connectivity index (χ1v) is 11.6. The van der Waals surface area contributed by atoms with E-state index >= 15 is 0 Å². The van der Waals surface area contributed by atoms with E-state index in [2.05, 4.69) is 65.6 Å². The summed E-state index contributed by atoms with van der Waals surface area (Å²) in [5.74, 6) is 3.15. The quantitative estimate of drug-likeness (QED) is 0.498. The van der Waals surface area contributed by atoms with E-state index in [0.29, 0.717) is 6.61 Å². The minimum atomic E-state index is 0.190. The first-order valence-electron chi connectivity index (χ1n) is 11.6. The summed E-state index contributed by atoms with van der Waals surface area (Å²) in [6, 6.07) is 25.4. The predicted molar refractivity (Wildman–Crippen MR) is 127 cm³/mol. The van der Waals surface area contributed by atoms with Gasteiger partial charge in [0.15, 0.2) is 0 Å². The van der Waals surface area contributed by atoms with Gasteiger partial charge in [-0.05, 0) is 67.4 Å². The van der Waals surface area contributed by atoms with Gasteiger partial charge in [-0.2, -0.15) is 0 Å². The fourth-order valence-corrected chi connectivity index (χ4v) is 4.99. The summed E-state index contributed by atoms with van der Waals surface area (Å²) in [6.45, 7) is 4.81. The third-order valence-electron chi connectivity index (χ3n) is 6.71. The van der Waals surface area contributed by atoms with Crippen molar-refractivity contribution in [2.24, 2.45) is 0 Å². The molecular formula is C28H31NO3. The molecule has 2 unspecified atom stereocenters. The Morgan fingerprint density at radius 1 is 0.875 bits per heavy atom. The average molecular weight is 430 g/mol. The molecule has 2 atom stereocenters. The number of fused-ring (bicyclic) bond motifs is 1. The Kier molecular flexibility index (Phi) is 6.31. The monoisotopic (exact) mass is 429 g/mol. The van der Waals surface area contributed by atoms with Crippen molar-refractivity contribution in [2.75, 3.05) is 40.0 Å². The molecule has 2 aliphatic heterocycles. The summed E-state index contributed by atoms with van der Waals surface area (Å²) < 4.78 is 17.8. The summed E-state index contributed by atoms with van der Waals surface area (Å²) in [7, 11) is 1.71. The first-order chi connectivity index (χ1) is 15.8. The van der Waals surface area contributed by atoms with Gasteiger partial charge in [0, 0.05) is 23.9 Å². The zero-order valence-electron chi connectivity index (χ0n) is 18.7. The van der Waals surface area contributed by atoms with Crippen LogP contribution < -0.4 is 14.2 Å². The summed E-state index contributed by atoms with van der Waals surface area (Å²) in [5.41, 5.74) is 3.73. The van der Waals surface area contributed by atoms with Crippen LogP contribution in [0.25, 0.3) is 0 Å². The van der Waals surface area contributed by atoms with Gasteiger partial charge in [0.05, 0.1) is 13.7 Å². The zero-order valence-corrected chi connectivity index (χ0v) is 18.7. The summed E-state index contributed by atoms with van der Waals surface area (Å²) >= 11 is 0. The van der Waals surface area contributed by atoms with Crippen LogP contribution in [0.5, 0.6) is 17.2 Å². The molecule has 1 fully saturated rings. The van der Waals surface area contributed by atoms with Gasteiger partial charge in [0.2, 0.25) is 0 Å². The van der Waals surface area contributed by atoms with E-state index in [4.69, 9.17) is 14.2 Å². The molecule has 0 radical (unpaired) electrons. The molecule has 4 heteroatoms. The number of methoxy groups -OCH3 is 1. The van der Waals surface area contributed by atoms with E-state index < -0.39 is 0 Å². The van der Waals surface area contributed by atoms with Crippen LogP contribution in [-0.2, 0) is 0 Å². The van der Waals surface area contributed by atoms with Crippen LogP contribution in [0.15, 0.2) is 72.8 Å². The second-order valence-electron chi connectivity index (χ2n) is 8.68. The van der Waals surface area contributed by atoms with Crippen molar-refractivity contribution in [3.63, 3.8) is 0 Å². The largest absolute Gasteiger partial charge is 0.497 e. The van der Waals surface area contributed by atoms with Crippen LogP contribution in [0.4, 0.5) is 0 Å². The summed E-state index contributed by atoms with van der Waals surface area (Å²) in [5, 5.41) is 0. The van der Waals surface area contributed by atoms with Crippen molar-refractivity contribution >= 4 is 0 Å². The van der Waals surface area contributed by atoms with Crippen LogP contribution in [0.2, 0.25) is 0 Å². The van der Waals surface area contributed by atoms with Crippen molar-refractivity contribution < 1.29 is 14.2 Å². The van der Waals surface area contributed by atoms with Gasteiger partial charge >= 0.3 is 0 Å².